The van der Waals surface area contributed by atoms with Crippen molar-refractivity contribution in [2.75, 3.05) is 11.1 Å². The standard InChI is InChI=1S/C15H12N3.Zn/c16-11-6-7-13-12(9-11)15(17)14(18-13)8-10-4-2-1-3-5-10;/h2-9,17-18H,16H2;/q-1;/b14-8-,17-15?;. The van der Waals surface area contributed by atoms with Gasteiger partial charge in [0.25, 0.3) is 0 Å². The Morgan fingerprint density at radius 3 is 2.63 bits per heavy atom. The molecule has 0 spiro atoms. The van der Waals surface area contributed by atoms with Crippen LogP contribution in [0.5, 0.6) is 0 Å². The average Bonchev–Trinajstić information content (AvgIpc) is 2.68. The second-order valence-electron chi connectivity index (χ2n) is 4.20. The van der Waals surface area contributed by atoms with E-state index in [4.69, 9.17) is 11.1 Å². The van der Waals surface area contributed by atoms with Crippen molar-refractivity contribution < 1.29 is 19.5 Å². The molecule has 0 unspecified atom stereocenters. The van der Waals surface area contributed by atoms with Crippen molar-refractivity contribution in [3.63, 3.8) is 0 Å². The first-order valence-electron chi connectivity index (χ1n) is 5.68. The number of nitrogen functional groups attached to an aromatic ring is 1. The fourth-order valence-corrected chi connectivity index (χ4v) is 2.00. The zero-order chi connectivity index (χ0) is 12.5. The van der Waals surface area contributed by atoms with E-state index in [0.717, 1.165) is 22.5 Å². The Morgan fingerprint density at radius 1 is 1.16 bits per heavy atom. The summed E-state index contributed by atoms with van der Waals surface area (Å²) in [5, 5.41) is 11.4. The first-order valence-corrected chi connectivity index (χ1v) is 5.68. The van der Waals surface area contributed by atoms with Gasteiger partial charge in [0, 0.05) is 36.4 Å². The molecule has 0 atom stereocenters. The SMILES string of the molecule is N=C1/C(=C/c2cc[c-]cc2)Nc2ccc(N)cc21.[Zn]. The predicted octanol–water partition coefficient (Wildman–Crippen LogP) is 2.90. The third-order valence-corrected chi connectivity index (χ3v) is 2.91. The van der Waals surface area contributed by atoms with Gasteiger partial charge >= 0.3 is 0 Å². The van der Waals surface area contributed by atoms with Gasteiger partial charge in [0.15, 0.2) is 0 Å². The van der Waals surface area contributed by atoms with Gasteiger partial charge in [0.2, 0.25) is 0 Å². The average molecular weight is 300 g/mol. The Balaban J connectivity index is 0.00000133. The maximum Gasteiger partial charge on any atom is 0.0868 e. The topological polar surface area (TPSA) is 61.9 Å². The minimum atomic E-state index is 0. The van der Waals surface area contributed by atoms with Crippen LogP contribution in [0.2, 0.25) is 0 Å². The van der Waals surface area contributed by atoms with E-state index in [1.54, 1.807) is 0 Å². The Kier molecular flexibility index (Phi) is 3.82. The van der Waals surface area contributed by atoms with Crippen molar-refractivity contribution in [2.24, 2.45) is 0 Å². The summed E-state index contributed by atoms with van der Waals surface area (Å²) >= 11 is 0. The minimum absolute atomic E-state index is 0. The van der Waals surface area contributed by atoms with Crippen molar-refractivity contribution in [1.82, 2.24) is 0 Å². The summed E-state index contributed by atoms with van der Waals surface area (Å²) in [6.07, 6.45) is 1.95. The number of allylic oxidation sites excluding steroid dienone is 1. The molecule has 90 valence electrons. The van der Waals surface area contributed by atoms with Gasteiger partial charge in [-0.2, -0.15) is 30.3 Å². The molecule has 0 bridgehead atoms. The molecule has 0 saturated heterocycles. The number of nitrogens with one attached hydrogen (secondary N) is 2. The number of anilines is 2. The van der Waals surface area contributed by atoms with Crippen LogP contribution < -0.4 is 11.1 Å². The summed E-state index contributed by atoms with van der Waals surface area (Å²) in [7, 11) is 0. The molecule has 0 amide bonds. The van der Waals surface area contributed by atoms with Crippen LogP contribution in [0.1, 0.15) is 11.1 Å². The van der Waals surface area contributed by atoms with Crippen molar-refractivity contribution in [3.05, 3.63) is 65.4 Å². The normalized spacial score (nSPS) is 14.7. The van der Waals surface area contributed by atoms with E-state index in [-0.39, 0.29) is 19.5 Å². The summed E-state index contributed by atoms with van der Waals surface area (Å²) in [6, 6.07) is 16.2. The molecule has 1 aliphatic rings. The first kappa shape index (κ1) is 13.5. The third-order valence-electron chi connectivity index (χ3n) is 2.91. The monoisotopic (exact) mass is 298 g/mol. The molecule has 0 aliphatic carbocycles. The quantitative estimate of drug-likeness (QED) is 0.431. The van der Waals surface area contributed by atoms with Crippen LogP contribution in [-0.2, 0) is 19.5 Å². The number of hydrogen-bond acceptors (Lipinski definition) is 3. The molecule has 1 aliphatic heterocycles. The molecule has 0 aromatic heterocycles. The Labute approximate surface area is 124 Å². The molecular formula is C15H12N3Zn-. The molecule has 19 heavy (non-hydrogen) atoms. The summed E-state index contributed by atoms with van der Waals surface area (Å²) in [5.41, 5.74) is 10.5. The van der Waals surface area contributed by atoms with Crippen LogP contribution in [0.15, 0.2) is 48.2 Å². The van der Waals surface area contributed by atoms with E-state index in [9.17, 15) is 0 Å². The van der Waals surface area contributed by atoms with Gasteiger partial charge in [-0.25, -0.2) is 0 Å². The third kappa shape index (κ3) is 2.59. The van der Waals surface area contributed by atoms with Crippen molar-refractivity contribution in [1.29, 1.82) is 5.41 Å². The van der Waals surface area contributed by atoms with Gasteiger partial charge in [0.1, 0.15) is 0 Å². The minimum Gasteiger partial charge on any atom is -0.399 e. The maximum atomic E-state index is 8.14. The van der Waals surface area contributed by atoms with E-state index in [2.05, 4.69) is 11.4 Å². The molecule has 3 rings (SSSR count). The number of hydrogen-bond donors (Lipinski definition) is 3. The van der Waals surface area contributed by atoms with Crippen LogP contribution in [0.3, 0.4) is 0 Å². The first-order chi connectivity index (χ1) is 8.74. The number of nitrogens with two attached hydrogens (primary N) is 1. The number of fused-ring (bicyclic) bond motifs is 1. The molecule has 1 heterocycles. The summed E-state index contributed by atoms with van der Waals surface area (Å²) in [5.74, 6) is 0. The van der Waals surface area contributed by atoms with E-state index in [0.29, 0.717) is 11.4 Å². The predicted molar refractivity (Wildman–Crippen MR) is 74.6 cm³/mol. The van der Waals surface area contributed by atoms with E-state index in [1.165, 1.54) is 0 Å². The zero-order valence-corrected chi connectivity index (χ0v) is 13.4. The fraction of sp³-hybridized carbons (Fsp3) is 0. The molecule has 2 aromatic rings. The molecule has 4 heteroatoms. The summed E-state index contributed by atoms with van der Waals surface area (Å²) in [4.78, 5) is 0. The summed E-state index contributed by atoms with van der Waals surface area (Å²) in [6.45, 7) is 0. The Bertz CT molecular complexity index is 648. The molecule has 2 aromatic carbocycles. The van der Waals surface area contributed by atoms with E-state index >= 15 is 0 Å². The van der Waals surface area contributed by atoms with Crippen LogP contribution in [0.4, 0.5) is 11.4 Å². The number of rotatable bonds is 1. The summed E-state index contributed by atoms with van der Waals surface area (Å²) < 4.78 is 0. The van der Waals surface area contributed by atoms with Gasteiger partial charge < -0.3 is 11.1 Å². The van der Waals surface area contributed by atoms with Gasteiger partial charge in [-0.05, 0) is 18.2 Å². The smallest absolute Gasteiger partial charge is 0.0868 e. The maximum absolute atomic E-state index is 8.14. The molecule has 4 N–H and O–H groups in total. The van der Waals surface area contributed by atoms with Crippen LogP contribution in [-0.4, -0.2) is 5.71 Å². The zero-order valence-electron chi connectivity index (χ0n) is 10.4. The van der Waals surface area contributed by atoms with Crippen molar-refractivity contribution in [3.8, 4) is 0 Å². The Hall–Kier alpha value is -1.93. The molecular weight excluding hydrogens is 288 g/mol. The van der Waals surface area contributed by atoms with Crippen molar-refractivity contribution >= 4 is 23.2 Å². The molecule has 0 fully saturated rings. The second-order valence-corrected chi connectivity index (χ2v) is 4.20. The van der Waals surface area contributed by atoms with E-state index < -0.39 is 0 Å². The van der Waals surface area contributed by atoms with Gasteiger partial charge in [-0.1, -0.05) is 6.08 Å². The van der Waals surface area contributed by atoms with E-state index in [1.807, 2.05) is 48.5 Å². The van der Waals surface area contributed by atoms with Crippen LogP contribution in [0, 0.1) is 11.5 Å². The van der Waals surface area contributed by atoms with Gasteiger partial charge in [-0.15, -0.1) is 5.56 Å². The van der Waals surface area contributed by atoms with Crippen molar-refractivity contribution in [2.45, 2.75) is 0 Å². The number of benzene rings is 2. The largest absolute Gasteiger partial charge is 0.399 e. The van der Waals surface area contributed by atoms with Gasteiger partial charge in [0.05, 0.1) is 11.4 Å². The molecule has 0 radical (unpaired) electrons. The van der Waals surface area contributed by atoms with Crippen LogP contribution >= 0.6 is 0 Å². The second kappa shape index (κ2) is 5.37. The van der Waals surface area contributed by atoms with Gasteiger partial charge in [-0.3, -0.25) is 5.41 Å². The molecule has 3 nitrogen and oxygen atoms in total. The Morgan fingerprint density at radius 2 is 1.89 bits per heavy atom. The fourth-order valence-electron chi connectivity index (χ4n) is 2.00. The van der Waals surface area contributed by atoms with Crippen LogP contribution in [0.25, 0.3) is 6.08 Å². The molecule has 0 saturated carbocycles.